The minimum atomic E-state index is -0.593. The highest BCUT2D eigenvalue weighted by molar-refractivity contribution is 9.10. The summed E-state index contributed by atoms with van der Waals surface area (Å²) in [6.07, 6.45) is 21.1. The van der Waals surface area contributed by atoms with Gasteiger partial charge in [0, 0.05) is 116 Å². The Balaban J connectivity index is 0.000000147. The number of anilines is 2. The summed E-state index contributed by atoms with van der Waals surface area (Å²) in [5, 5.41) is 31.9. The lowest BCUT2D eigenvalue weighted by atomic mass is 9.93. The molecule has 10 nitrogen and oxygen atoms in total. The molecule has 0 radical (unpaired) electrons. The van der Waals surface area contributed by atoms with Crippen molar-refractivity contribution in [2.24, 2.45) is 0 Å². The van der Waals surface area contributed by atoms with E-state index < -0.39 is 23.3 Å². The number of hydrogen-bond acceptors (Lipinski definition) is 10. The number of aryl methyl sites for hydroxylation is 2. The fourth-order valence-electron chi connectivity index (χ4n) is 11.9. The molecule has 8 heterocycles. The van der Waals surface area contributed by atoms with Crippen LogP contribution < -0.4 is 20.4 Å². The predicted molar refractivity (Wildman–Crippen MR) is 277 cm³/mol. The zero-order chi connectivity index (χ0) is 49.9. The van der Waals surface area contributed by atoms with Crippen molar-refractivity contribution >= 4 is 70.7 Å². The molecule has 4 aliphatic heterocycles. The van der Waals surface area contributed by atoms with Crippen LogP contribution in [0.15, 0.2) is 65.4 Å². The van der Waals surface area contributed by atoms with Crippen molar-refractivity contribution in [1.82, 2.24) is 30.6 Å². The van der Waals surface area contributed by atoms with Gasteiger partial charge in [-0.05, 0) is 127 Å². The lowest BCUT2D eigenvalue weighted by Crippen LogP contribution is -2.51. The number of terminal acetylenes is 2. The van der Waals surface area contributed by atoms with Gasteiger partial charge in [-0.3, -0.25) is 9.97 Å². The van der Waals surface area contributed by atoms with E-state index in [-0.39, 0.29) is 51.1 Å². The molecule has 1 aliphatic carbocycles. The summed E-state index contributed by atoms with van der Waals surface area (Å²) in [6, 6.07) is 12.9. The lowest BCUT2D eigenvalue weighted by molar-refractivity contribution is 0.464. The Morgan fingerprint density at radius 2 is 1.03 bits per heavy atom. The number of phenolic OH excluding ortho intramolecular Hbond substituents is 2. The SMILES string of the molecule is C#Cc1c(F)ccc2cc(O)cc(-c3ncc4c(N5CC6CCC(C5)N6)nc(C)c(Br)c4c3F)c12.C#Cc1c(F)ccc2cc(O)cc(-c3ncc4c(N5CC6CCC(C5)N6)nc(C)c(C5CC5)c4c3F)c12. The number of benzene rings is 4. The fraction of sp³-hybridized carbons (Fsp3) is 0.298. The van der Waals surface area contributed by atoms with E-state index in [1.165, 1.54) is 48.5 Å². The summed E-state index contributed by atoms with van der Waals surface area (Å²) in [5.74, 6) is 4.12. The molecule has 4 unspecified atom stereocenters. The van der Waals surface area contributed by atoms with Crippen LogP contribution >= 0.6 is 15.9 Å². The van der Waals surface area contributed by atoms with Gasteiger partial charge in [-0.25, -0.2) is 27.5 Å². The summed E-state index contributed by atoms with van der Waals surface area (Å²) in [4.78, 5) is 23.3. The molecule has 4 aromatic carbocycles. The van der Waals surface area contributed by atoms with Crippen molar-refractivity contribution < 1.29 is 27.8 Å². The van der Waals surface area contributed by atoms with Crippen LogP contribution in [0.3, 0.4) is 0 Å². The topological polar surface area (TPSA) is 123 Å². The van der Waals surface area contributed by atoms with Crippen molar-refractivity contribution in [3.63, 3.8) is 0 Å². The van der Waals surface area contributed by atoms with Crippen LogP contribution in [-0.2, 0) is 0 Å². The molecule has 4 bridgehead atoms. The van der Waals surface area contributed by atoms with Crippen molar-refractivity contribution in [1.29, 1.82) is 0 Å². The van der Waals surface area contributed by atoms with Gasteiger partial charge in [-0.15, -0.1) is 12.8 Å². The average Bonchev–Trinajstić information content (AvgIpc) is 4.07. The zero-order valence-electron chi connectivity index (χ0n) is 39.4. The van der Waals surface area contributed by atoms with Crippen molar-refractivity contribution in [3.8, 4) is 58.7 Å². The van der Waals surface area contributed by atoms with Gasteiger partial charge in [-0.2, -0.15) is 0 Å². The third-order valence-electron chi connectivity index (χ3n) is 15.2. The van der Waals surface area contributed by atoms with E-state index in [0.29, 0.717) is 83.2 Å². The van der Waals surface area contributed by atoms with Crippen LogP contribution in [0.4, 0.5) is 29.2 Å². The maximum atomic E-state index is 16.7. The van der Waals surface area contributed by atoms with Crippen molar-refractivity contribution in [3.05, 3.63) is 117 Å². The average molecular weight is 1030 g/mol. The Labute approximate surface area is 421 Å². The Bertz CT molecular complexity index is 3700. The fourth-order valence-corrected chi connectivity index (χ4v) is 12.4. The summed E-state index contributed by atoms with van der Waals surface area (Å²) in [5.41, 5.74) is 2.99. The van der Waals surface area contributed by atoms with Gasteiger partial charge in [0.1, 0.15) is 46.2 Å². The molecule has 4 atom stereocenters. The van der Waals surface area contributed by atoms with Crippen LogP contribution in [0.25, 0.3) is 65.6 Å². The van der Waals surface area contributed by atoms with Gasteiger partial charge in [0.15, 0.2) is 11.6 Å². The van der Waals surface area contributed by atoms with Crippen LogP contribution in [0.1, 0.15) is 72.5 Å². The number of nitrogens with one attached hydrogen (secondary N) is 2. The van der Waals surface area contributed by atoms with E-state index in [4.69, 9.17) is 22.8 Å². The van der Waals surface area contributed by atoms with E-state index in [0.717, 1.165) is 81.8 Å². The second-order valence-electron chi connectivity index (χ2n) is 19.9. The molecule has 0 spiro atoms. The number of aromatic hydroxyl groups is 2. The number of fused-ring (bicyclic) bond motifs is 8. The first-order chi connectivity index (χ1) is 34.8. The van der Waals surface area contributed by atoms with E-state index in [1.54, 1.807) is 12.4 Å². The van der Waals surface area contributed by atoms with E-state index >= 15 is 8.78 Å². The number of nitrogens with zero attached hydrogens (tertiary/aromatic N) is 6. The van der Waals surface area contributed by atoms with Gasteiger partial charge in [0.25, 0.3) is 0 Å². The second-order valence-corrected chi connectivity index (χ2v) is 20.7. The second kappa shape index (κ2) is 17.6. The minimum absolute atomic E-state index is 0.000697. The molecule has 0 amide bonds. The van der Waals surface area contributed by atoms with E-state index in [1.807, 2.05) is 13.8 Å². The molecule has 1 saturated carbocycles. The molecular formula is C57H47BrF4N8O2. The van der Waals surface area contributed by atoms with Crippen LogP contribution in [0, 0.1) is 61.8 Å². The Morgan fingerprint density at radius 3 is 1.47 bits per heavy atom. The third-order valence-corrected chi connectivity index (χ3v) is 16.2. The molecule has 4 aromatic heterocycles. The summed E-state index contributed by atoms with van der Waals surface area (Å²) in [7, 11) is 0. The van der Waals surface area contributed by atoms with Crippen molar-refractivity contribution in [2.45, 2.75) is 82.5 Å². The normalized spacial score (nSPS) is 20.3. The largest absolute Gasteiger partial charge is 0.508 e. The molecule has 4 saturated heterocycles. The van der Waals surface area contributed by atoms with Crippen molar-refractivity contribution in [2.75, 3.05) is 36.0 Å². The van der Waals surface area contributed by atoms with E-state index in [2.05, 4.69) is 58.2 Å². The molecule has 362 valence electrons. The van der Waals surface area contributed by atoms with E-state index in [9.17, 15) is 19.0 Å². The third kappa shape index (κ3) is 7.63. The van der Waals surface area contributed by atoms with Gasteiger partial charge >= 0.3 is 0 Å². The number of pyridine rings is 4. The highest BCUT2D eigenvalue weighted by Crippen LogP contribution is 2.49. The summed E-state index contributed by atoms with van der Waals surface area (Å²) in [6.45, 7) is 7.04. The maximum absolute atomic E-state index is 16.7. The number of hydrogen-bond donors (Lipinski definition) is 4. The van der Waals surface area contributed by atoms with Gasteiger partial charge in [-0.1, -0.05) is 24.0 Å². The molecule has 5 fully saturated rings. The number of aromatic nitrogens is 4. The first kappa shape index (κ1) is 46.1. The van der Waals surface area contributed by atoms with Crippen LogP contribution in [0.2, 0.25) is 0 Å². The molecule has 5 aliphatic rings. The molecule has 15 heteroatoms. The lowest BCUT2D eigenvalue weighted by Gasteiger charge is -2.35. The Kier molecular flexibility index (Phi) is 11.3. The molecular weight excluding hydrogens is 985 g/mol. The van der Waals surface area contributed by atoms with Gasteiger partial charge < -0.3 is 30.6 Å². The first-order valence-corrected chi connectivity index (χ1v) is 25.1. The van der Waals surface area contributed by atoms with Crippen LogP contribution in [-0.4, -0.2) is 80.5 Å². The zero-order valence-corrected chi connectivity index (χ0v) is 40.9. The van der Waals surface area contributed by atoms with Gasteiger partial charge in [0.05, 0.1) is 16.8 Å². The molecule has 4 N–H and O–H groups in total. The Morgan fingerprint density at radius 1 is 0.597 bits per heavy atom. The molecule has 13 rings (SSSR count). The highest BCUT2D eigenvalue weighted by atomic mass is 79.9. The Hall–Kier alpha value is -7.04. The minimum Gasteiger partial charge on any atom is -0.508 e. The standard InChI is InChI=1S/C30H26F2N4O.C27H21BrF2N4O/c1-3-21-24(31)9-6-17-10-20(37)11-22(26(17)21)29-28(32)27-23(12-33-29)30(34-15(2)25(27)16-4-5-16)36-13-18-7-8-19(14-36)35-18;1-3-18-21(29)7-4-14-8-17(35)9-19(22(14)18)26-25(30)23-20(10-31-26)27(32-13(2)24(23)28)34-11-15-5-6-16(12-34)33-15/h1,6,9-12,16,18-19,35,37H,4-5,7-8,13-14H2,2H3;1,4,7-10,15-16,33,35H,5-6,11-12H2,2H3. The number of piperazine rings is 2. The summed E-state index contributed by atoms with van der Waals surface area (Å²) < 4.78 is 62.9. The molecule has 8 aromatic rings. The first-order valence-electron chi connectivity index (χ1n) is 24.3. The molecule has 72 heavy (non-hydrogen) atoms. The number of halogens is 5. The maximum Gasteiger partial charge on any atom is 0.158 e. The highest BCUT2D eigenvalue weighted by Gasteiger charge is 2.37. The summed E-state index contributed by atoms with van der Waals surface area (Å²) >= 11 is 3.53. The van der Waals surface area contributed by atoms with Gasteiger partial charge in [0.2, 0.25) is 0 Å². The monoisotopic (exact) mass is 1030 g/mol. The quantitative estimate of drug-likeness (QED) is 0.0979. The smallest absolute Gasteiger partial charge is 0.158 e. The number of rotatable bonds is 5. The number of phenols is 2. The van der Waals surface area contributed by atoms with Crippen LogP contribution in [0.5, 0.6) is 11.5 Å². The predicted octanol–water partition coefficient (Wildman–Crippen LogP) is 11.0.